The molecule has 4 heteroatoms. The van der Waals surface area contributed by atoms with E-state index < -0.39 is 5.97 Å². The third kappa shape index (κ3) is 3.34. The monoisotopic (exact) mass is 296 g/mol. The van der Waals surface area contributed by atoms with E-state index in [2.05, 4.69) is 18.1 Å². The van der Waals surface area contributed by atoms with Crippen LogP contribution in [0.4, 0.5) is 0 Å². The summed E-state index contributed by atoms with van der Waals surface area (Å²) in [6.07, 6.45) is 1.80. The number of carbonyl (C=O) groups excluding carboxylic acids is 1. The highest BCUT2D eigenvalue weighted by atomic mass is 16.5. The molecule has 0 fully saturated rings. The van der Waals surface area contributed by atoms with Gasteiger partial charge in [0, 0.05) is 17.7 Å². The largest absolute Gasteiger partial charge is 0.456 e. The molecule has 0 aliphatic heterocycles. The number of benzene rings is 1. The number of hydrogen-bond donors (Lipinski definition) is 0. The number of carbonyl (C=O) groups is 1. The van der Waals surface area contributed by atoms with Crippen molar-refractivity contribution in [3.8, 4) is 11.4 Å². The van der Waals surface area contributed by atoms with Gasteiger partial charge in [-0.3, -0.25) is 0 Å². The molecule has 0 atom stereocenters. The van der Waals surface area contributed by atoms with Gasteiger partial charge in [0.2, 0.25) is 0 Å². The van der Waals surface area contributed by atoms with E-state index in [1.165, 1.54) is 0 Å². The Morgan fingerprint density at radius 1 is 1.36 bits per heavy atom. The number of aromatic nitrogens is 2. The molecule has 0 N–H and O–H groups in total. The summed E-state index contributed by atoms with van der Waals surface area (Å²) in [6, 6.07) is 9.92. The van der Waals surface area contributed by atoms with Gasteiger partial charge in [0.15, 0.2) is 0 Å². The van der Waals surface area contributed by atoms with Crippen molar-refractivity contribution in [1.29, 1.82) is 0 Å². The lowest BCUT2D eigenvalue weighted by Crippen LogP contribution is -2.10. The second kappa shape index (κ2) is 6.89. The lowest BCUT2D eigenvalue weighted by molar-refractivity contribution is -0.140. The quantitative estimate of drug-likeness (QED) is 0.464. The number of esters is 1. The van der Waals surface area contributed by atoms with Crippen LogP contribution in [0.1, 0.15) is 18.3 Å². The molecule has 0 aliphatic rings. The van der Waals surface area contributed by atoms with Gasteiger partial charge in [-0.15, -0.1) is 6.58 Å². The molecular formula is C18H20N2O2. The van der Waals surface area contributed by atoms with Crippen LogP contribution in [-0.2, 0) is 22.7 Å². The van der Waals surface area contributed by atoms with Crippen LogP contribution in [0.15, 0.2) is 55.1 Å². The number of imidazole rings is 1. The van der Waals surface area contributed by atoms with Crippen LogP contribution in [0.25, 0.3) is 11.4 Å². The van der Waals surface area contributed by atoms with Crippen LogP contribution in [0, 0.1) is 6.92 Å². The molecule has 1 heterocycles. The third-order valence-electron chi connectivity index (χ3n) is 3.30. The summed E-state index contributed by atoms with van der Waals surface area (Å²) in [5.41, 5.74) is 3.12. The molecule has 0 unspecified atom stereocenters. The zero-order valence-electron chi connectivity index (χ0n) is 13.0. The van der Waals surface area contributed by atoms with E-state index in [-0.39, 0.29) is 6.61 Å². The molecule has 114 valence electrons. The average molecular weight is 296 g/mol. The van der Waals surface area contributed by atoms with Gasteiger partial charge >= 0.3 is 5.97 Å². The van der Waals surface area contributed by atoms with Gasteiger partial charge in [0.25, 0.3) is 0 Å². The highest BCUT2D eigenvalue weighted by molar-refractivity contribution is 5.86. The van der Waals surface area contributed by atoms with E-state index in [4.69, 9.17) is 4.74 Å². The predicted molar refractivity (Wildman–Crippen MR) is 87.2 cm³/mol. The Morgan fingerprint density at radius 3 is 2.64 bits per heavy atom. The second-order valence-electron chi connectivity index (χ2n) is 5.09. The normalized spacial score (nSPS) is 10.3. The van der Waals surface area contributed by atoms with E-state index in [1.54, 1.807) is 13.0 Å². The maximum Gasteiger partial charge on any atom is 0.333 e. The summed E-state index contributed by atoms with van der Waals surface area (Å²) in [5, 5.41) is 0. The summed E-state index contributed by atoms with van der Waals surface area (Å²) in [7, 11) is 0. The minimum absolute atomic E-state index is 0.172. The average Bonchev–Trinajstić information content (AvgIpc) is 2.82. The van der Waals surface area contributed by atoms with Crippen molar-refractivity contribution < 1.29 is 9.53 Å². The fraction of sp³-hybridized carbons (Fsp3) is 0.222. The summed E-state index contributed by atoms with van der Waals surface area (Å²) in [4.78, 5) is 16.2. The molecule has 0 saturated carbocycles. The standard InChI is InChI=1S/C18H20N2O2/c1-5-11-20-16(12-22-18(21)13(2)3)14(4)19-17(20)15-9-7-6-8-10-15/h5-10H,1-2,11-12H2,3-4H3. The van der Waals surface area contributed by atoms with Crippen LogP contribution >= 0.6 is 0 Å². The molecule has 1 aromatic carbocycles. The fourth-order valence-corrected chi connectivity index (χ4v) is 2.18. The van der Waals surface area contributed by atoms with E-state index in [1.807, 2.05) is 41.8 Å². The number of nitrogens with zero attached hydrogens (tertiary/aromatic N) is 2. The van der Waals surface area contributed by atoms with Crippen LogP contribution in [0.5, 0.6) is 0 Å². The van der Waals surface area contributed by atoms with Crippen molar-refractivity contribution in [2.75, 3.05) is 0 Å². The van der Waals surface area contributed by atoms with Gasteiger partial charge in [-0.25, -0.2) is 9.78 Å². The SMILES string of the molecule is C=CCn1c(-c2ccccc2)nc(C)c1COC(=O)C(=C)C. The van der Waals surface area contributed by atoms with Crippen molar-refractivity contribution in [1.82, 2.24) is 9.55 Å². The highest BCUT2D eigenvalue weighted by Crippen LogP contribution is 2.23. The Hall–Kier alpha value is -2.62. The molecule has 1 aromatic heterocycles. The lowest BCUT2D eigenvalue weighted by atomic mass is 10.2. The number of ether oxygens (including phenoxy) is 1. The zero-order chi connectivity index (χ0) is 16.1. The fourth-order valence-electron chi connectivity index (χ4n) is 2.18. The van der Waals surface area contributed by atoms with Gasteiger partial charge in [0.1, 0.15) is 12.4 Å². The number of allylic oxidation sites excluding steroid dienone is 1. The van der Waals surface area contributed by atoms with E-state index in [9.17, 15) is 4.79 Å². The molecule has 4 nitrogen and oxygen atoms in total. The molecule has 0 aliphatic carbocycles. The van der Waals surface area contributed by atoms with E-state index in [0.29, 0.717) is 12.1 Å². The van der Waals surface area contributed by atoms with Gasteiger partial charge in [0.05, 0.1) is 11.4 Å². The Labute approximate surface area is 130 Å². The first-order valence-corrected chi connectivity index (χ1v) is 7.09. The van der Waals surface area contributed by atoms with Gasteiger partial charge in [-0.05, 0) is 13.8 Å². The molecule has 0 bridgehead atoms. The molecule has 0 saturated heterocycles. The number of aryl methyl sites for hydroxylation is 1. The Balaban J connectivity index is 2.37. The maximum absolute atomic E-state index is 11.6. The Morgan fingerprint density at radius 2 is 2.05 bits per heavy atom. The van der Waals surface area contributed by atoms with E-state index in [0.717, 1.165) is 22.8 Å². The Kier molecular flexibility index (Phi) is 4.94. The molecule has 0 radical (unpaired) electrons. The zero-order valence-corrected chi connectivity index (χ0v) is 13.0. The van der Waals surface area contributed by atoms with Crippen LogP contribution in [-0.4, -0.2) is 15.5 Å². The minimum Gasteiger partial charge on any atom is -0.456 e. The smallest absolute Gasteiger partial charge is 0.333 e. The number of rotatable bonds is 6. The third-order valence-corrected chi connectivity index (χ3v) is 3.30. The lowest BCUT2D eigenvalue weighted by Gasteiger charge is -2.11. The molecule has 22 heavy (non-hydrogen) atoms. The Bertz CT molecular complexity index is 699. The molecule has 0 amide bonds. The minimum atomic E-state index is -0.396. The molecular weight excluding hydrogens is 276 g/mol. The van der Waals surface area contributed by atoms with Crippen LogP contribution < -0.4 is 0 Å². The molecule has 0 spiro atoms. The topological polar surface area (TPSA) is 44.1 Å². The van der Waals surface area contributed by atoms with Crippen LogP contribution in [0.2, 0.25) is 0 Å². The van der Waals surface area contributed by atoms with Crippen molar-refractivity contribution in [2.45, 2.75) is 27.0 Å². The second-order valence-corrected chi connectivity index (χ2v) is 5.09. The van der Waals surface area contributed by atoms with Gasteiger partial charge < -0.3 is 9.30 Å². The first kappa shape index (κ1) is 15.8. The maximum atomic E-state index is 11.6. The summed E-state index contributed by atoms with van der Waals surface area (Å²) < 4.78 is 7.29. The first-order chi connectivity index (χ1) is 10.5. The van der Waals surface area contributed by atoms with Crippen molar-refractivity contribution >= 4 is 5.97 Å². The predicted octanol–water partition coefficient (Wildman–Crippen LogP) is 3.66. The highest BCUT2D eigenvalue weighted by Gasteiger charge is 2.16. The van der Waals surface area contributed by atoms with Crippen molar-refractivity contribution in [3.05, 3.63) is 66.5 Å². The van der Waals surface area contributed by atoms with Crippen LogP contribution in [0.3, 0.4) is 0 Å². The number of hydrogen-bond acceptors (Lipinski definition) is 3. The summed E-state index contributed by atoms with van der Waals surface area (Å²) in [5.74, 6) is 0.450. The van der Waals surface area contributed by atoms with Crippen molar-refractivity contribution in [2.24, 2.45) is 0 Å². The summed E-state index contributed by atoms with van der Waals surface area (Å²) in [6.45, 7) is 11.7. The van der Waals surface area contributed by atoms with E-state index >= 15 is 0 Å². The first-order valence-electron chi connectivity index (χ1n) is 7.09. The van der Waals surface area contributed by atoms with Crippen molar-refractivity contribution in [3.63, 3.8) is 0 Å². The molecule has 2 aromatic rings. The van der Waals surface area contributed by atoms with Gasteiger partial charge in [-0.2, -0.15) is 0 Å². The van der Waals surface area contributed by atoms with Gasteiger partial charge in [-0.1, -0.05) is 43.0 Å². The molecule has 2 rings (SSSR count). The summed E-state index contributed by atoms with van der Waals surface area (Å²) >= 11 is 0.